The molecule has 136 valence electrons. The number of ether oxygens (including phenoxy) is 2. The van der Waals surface area contributed by atoms with Gasteiger partial charge >= 0.3 is 5.97 Å². The van der Waals surface area contributed by atoms with Crippen LogP contribution in [0.25, 0.3) is 10.8 Å². The van der Waals surface area contributed by atoms with E-state index in [0.29, 0.717) is 23.6 Å². The fraction of sp³-hybridized carbons (Fsp3) is 0.182. The standard InChI is InChI=1S/C22H19NO4/c24-21(20-9-4-12-26-20)23-18-8-3-7-17(13-18)22(25)27-19-11-10-15-5-1-2-6-16(15)14-19/h1-3,5-8,10-11,13-14,20H,4,9,12H2,(H,23,24)/t20-/m0/s1. The molecule has 5 heteroatoms. The maximum absolute atomic E-state index is 12.5. The number of fused-ring (bicyclic) bond motifs is 1. The van der Waals surface area contributed by atoms with E-state index in [2.05, 4.69) is 5.32 Å². The number of carbonyl (C=O) groups is 2. The normalized spacial score (nSPS) is 16.2. The van der Waals surface area contributed by atoms with Crippen LogP contribution in [-0.4, -0.2) is 24.6 Å². The molecule has 0 unspecified atom stereocenters. The molecule has 0 radical (unpaired) electrons. The van der Waals surface area contributed by atoms with Gasteiger partial charge in [-0.15, -0.1) is 0 Å². The number of esters is 1. The second-order valence-electron chi connectivity index (χ2n) is 6.47. The van der Waals surface area contributed by atoms with E-state index in [1.807, 2.05) is 36.4 Å². The predicted octanol–water partition coefficient (Wildman–Crippen LogP) is 4.18. The highest BCUT2D eigenvalue weighted by molar-refractivity contribution is 5.97. The van der Waals surface area contributed by atoms with Crippen molar-refractivity contribution in [2.45, 2.75) is 18.9 Å². The molecule has 3 aromatic carbocycles. The molecule has 27 heavy (non-hydrogen) atoms. The lowest BCUT2D eigenvalue weighted by Crippen LogP contribution is -2.26. The third kappa shape index (κ3) is 3.99. The molecule has 1 saturated heterocycles. The van der Waals surface area contributed by atoms with Crippen molar-refractivity contribution in [3.63, 3.8) is 0 Å². The van der Waals surface area contributed by atoms with Gasteiger partial charge in [0.15, 0.2) is 0 Å². The molecule has 0 spiro atoms. The minimum atomic E-state index is -0.474. The minimum absolute atomic E-state index is 0.187. The van der Waals surface area contributed by atoms with Crippen LogP contribution in [0.15, 0.2) is 66.7 Å². The second kappa shape index (κ2) is 7.60. The number of hydrogen-bond donors (Lipinski definition) is 1. The number of benzene rings is 3. The van der Waals surface area contributed by atoms with Crippen LogP contribution in [-0.2, 0) is 9.53 Å². The van der Waals surface area contributed by atoms with Gasteiger partial charge in [-0.3, -0.25) is 4.79 Å². The average Bonchev–Trinajstić information content (AvgIpc) is 3.23. The number of nitrogens with one attached hydrogen (secondary N) is 1. The van der Waals surface area contributed by atoms with Crippen molar-refractivity contribution in [2.75, 3.05) is 11.9 Å². The first-order valence-corrected chi connectivity index (χ1v) is 8.92. The molecule has 1 N–H and O–H groups in total. The molecular weight excluding hydrogens is 342 g/mol. The Balaban J connectivity index is 1.47. The van der Waals surface area contributed by atoms with Crippen molar-refractivity contribution in [1.82, 2.24) is 0 Å². The monoisotopic (exact) mass is 361 g/mol. The van der Waals surface area contributed by atoms with Crippen LogP contribution in [0.5, 0.6) is 5.75 Å². The predicted molar refractivity (Wildman–Crippen MR) is 103 cm³/mol. The van der Waals surface area contributed by atoms with Crippen LogP contribution >= 0.6 is 0 Å². The lowest BCUT2D eigenvalue weighted by molar-refractivity contribution is -0.124. The SMILES string of the molecule is O=C(Oc1ccc2ccccc2c1)c1cccc(NC(=O)[C@@H]2CCCO2)c1. The summed E-state index contributed by atoms with van der Waals surface area (Å²) in [6, 6.07) is 20.1. The van der Waals surface area contributed by atoms with Gasteiger partial charge in [0.25, 0.3) is 5.91 Å². The van der Waals surface area contributed by atoms with Gasteiger partial charge in [-0.25, -0.2) is 4.79 Å². The fourth-order valence-electron chi connectivity index (χ4n) is 3.13. The minimum Gasteiger partial charge on any atom is -0.423 e. The van der Waals surface area contributed by atoms with E-state index < -0.39 is 12.1 Å². The zero-order chi connectivity index (χ0) is 18.6. The van der Waals surface area contributed by atoms with Crippen molar-refractivity contribution >= 4 is 28.3 Å². The molecule has 5 nitrogen and oxygen atoms in total. The summed E-state index contributed by atoms with van der Waals surface area (Å²) in [7, 11) is 0. The van der Waals surface area contributed by atoms with Crippen LogP contribution in [0.3, 0.4) is 0 Å². The van der Waals surface area contributed by atoms with Gasteiger partial charge in [-0.1, -0.05) is 36.4 Å². The van der Waals surface area contributed by atoms with Crippen molar-refractivity contribution in [3.05, 3.63) is 72.3 Å². The molecule has 1 fully saturated rings. The summed E-state index contributed by atoms with van der Waals surface area (Å²) < 4.78 is 10.9. The van der Waals surface area contributed by atoms with Gasteiger partial charge in [0.05, 0.1) is 5.56 Å². The highest BCUT2D eigenvalue weighted by Gasteiger charge is 2.23. The molecule has 0 bridgehead atoms. The lowest BCUT2D eigenvalue weighted by Gasteiger charge is -2.11. The largest absolute Gasteiger partial charge is 0.423 e. The summed E-state index contributed by atoms with van der Waals surface area (Å²) in [5.74, 6) is -0.182. The number of amides is 1. The van der Waals surface area contributed by atoms with E-state index >= 15 is 0 Å². The first kappa shape index (κ1) is 17.2. The van der Waals surface area contributed by atoms with Gasteiger partial charge in [0.2, 0.25) is 0 Å². The molecule has 1 heterocycles. The smallest absolute Gasteiger partial charge is 0.343 e. The van der Waals surface area contributed by atoms with E-state index in [0.717, 1.165) is 23.6 Å². The topological polar surface area (TPSA) is 64.6 Å². The molecule has 0 saturated carbocycles. The molecule has 1 aliphatic heterocycles. The van der Waals surface area contributed by atoms with Crippen molar-refractivity contribution in [1.29, 1.82) is 0 Å². The van der Waals surface area contributed by atoms with E-state index in [4.69, 9.17) is 9.47 Å². The Labute approximate surface area is 156 Å². The summed E-state index contributed by atoms with van der Waals surface area (Å²) in [6.45, 7) is 0.607. The number of rotatable bonds is 4. The highest BCUT2D eigenvalue weighted by atomic mass is 16.5. The molecular formula is C22H19NO4. The van der Waals surface area contributed by atoms with E-state index in [1.54, 1.807) is 30.3 Å². The highest BCUT2D eigenvalue weighted by Crippen LogP contribution is 2.22. The maximum atomic E-state index is 12.5. The molecule has 0 aromatic heterocycles. The Hall–Kier alpha value is -3.18. The number of anilines is 1. The molecule has 1 aliphatic rings. The summed E-state index contributed by atoms with van der Waals surface area (Å²) >= 11 is 0. The first-order valence-electron chi connectivity index (χ1n) is 8.92. The zero-order valence-corrected chi connectivity index (χ0v) is 14.7. The summed E-state index contributed by atoms with van der Waals surface area (Å²) in [5, 5.41) is 4.88. The maximum Gasteiger partial charge on any atom is 0.343 e. The second-order valence-corrected chi connectivity index (χ2v) is 6.47. The van der Waals surface area contributed by atoms with Gasteiger partial charge in [0, 0.05) is 12.3 Å². The van der Waals surface area contributed by atoms with E-state index in [1.165, 1.54) is 0 Å². The van der Waals surface area contributed by atoms with Crippen LogP contribution in [0.4, 0.5) is 5.69 Å². The Bertz CT molecular complexity index is 992. The Kier molecular flexibility index (Phi) is 4.85. The van der Waals surface area contributed by atoms with Crippen molar-refractivity contribution < 1.29 is 19.1 Å². The van der Waals surface area contributed by atoms with Gasteiger partial charge in [-0.05, 0) is 53.9 Å². The summed E-state index contributed by atoms with van der Waals surface area (Å²) in [4.78, 5) is 24.6. The van der Waals surface area contributed by atoms with Crippen LogP contribution < -0.4 is 10.1 Å². The van der Waals surface area contributed by atoms with Gasteiger partial charge < -0.3 is 14.8 Å². The zero-order valence-electron chi connectivity index (χ0n) is 14.7. The molecule has 1 amide bonds. The molecule has 4 rings (SSSR count). The molecule has 1 atom stereocenters. The third-order valence-electron chi connectivity index (χ3n) is 4.52. The molecule has 3 aromatic rings. The molecule has 0 aliphatic carbocycles. The van der Waals surface area contributed by atoms with Gasteiger partial charge in [-0.2, -0.15) is 0 Å². The van der Waals surface area contributed by atoms with E-state index in [9.17, 15) is 9.59 Å². The summed E-state index contributed by atoms with van der Waals surface area (Å²) in [6.07, 6.45) is 1.18. The van der Waals surface area contributed by atoms with E-state index in [-0.39, 0.29) is 5.91 Å². The van der Waals surface area contributed by atoms with Crippen LogP contribution in [0.1, 0.15) is 23.2 Å². The number of carbonyl (C=O) groups excluding carboxylic acids is 2. The Morgan fingerprint density at radius 2 is 1.81 bits per heavy atom. The van der Waals surface area contributed by atoms with Crippen molar-refractivity contribution in [2.24, 2.45) is 0 Å². The first-order chi connectivity index (χ1) is 13.2. The lowest BCUT2D eigenvalue weighted by atomic mass is 10.1. The quantitative estimate of drug-likeness (QED) is 0.559. The number of hydrogen-bond acceptors (Lipinski definition) is 4. The third-order valence-corrected chi connectivity index (χ3v) is 4.52. The Morgan fingerprint density at radius 3 is 2.63 bits per heavy atom. The average molecular weight is 361 g/mol. The Morgan fingerprint density at radius 1 is 0.963 bits per heavy atom. The summed E-state index contributed by atoms with van der Waals surface area (Å²) in [5.41, 5.74) is 0.914. The van der Waals surface area contributed by atoms with Crippen LogP contribution in [0, 0.1) is 0 Å². The van der Waals surface area contributed by atoms with Crippen molar-refractivity contribution in [3.8, 4) is 5.75 Å². The van der Waals surface area contributed by atoms with Crippen LogP contribution in [0.2, 0.25) is 0 Å². The fourth-order valence-corrected chi connectivity index (χ4v) is 3.13. The van der Waals surface area contributed by atoms with Gasteiger partial charge in [0.1, 0.15) is 11.9 Å².